The van der Waals surface area contributed by atoms with E-state index in [4.69, 9.17) is 28.4 Å². The normalized spacial score (nSPS) is 14.4. The summed E-state index contributed by atoms with van der Waals surface area (Å²) in [4.78, 5) is 22.3. The molecule has 1 amide bonds. The van der Waals surface area contributed by atoms with Crippen LogP contribution in [0.5, 0.6) is 5.75 Å². The Morgan fingerprint density at radius 2 is 1.82 bits per heavy atom. The molecule has 12 nitrogen and oxygen atoms in total. The number of nitrogens with one attached hydrogen (secondary N) is 2. The summed E-state index contributed by atoms with van der Waals surface area (Å²) in [7, 11) is -2.16. The maximum atomic E-state index is 12.3. The van der Waals surface area contributed by atoms with Crippen LogP contribution in [-0.4, -0.2) is 64.6 Å². The van der Waals surface area contributed by atoms with Crippen molar-refractivity contribution < 1.29 is 23.2 Å². The van der Waals surface area contributed by atoms with Gasteiger partial charge in [0.15, 0.2) is 14.1 Å². The minimum absolute atomic E-state index is 0.00274. The summed E-state index contributed by atoms with van der Waals surface area (Å²) in [5, 5.41) is 21.0. The van der Waals surface area contributed by atoms with Gasteiger partial charge in [-0.15, -0.1) is 10.2 Å². The van der Waals surface area contributed by atoms with Crippen LogP contribution in [-0.2, 0) is 9.16 Å². The lowest BCUT2D eigenvalue weighted by Crippen LogP contribution is -2.46. The van der Waals surface area contributed by atoms with Crippen LogP contribution in [0.1, 0.15) is 88.7 Å². The summed E-state index contributed by atoms with van der Waals surface area (Å²) >= 11 is 1.56. The second kappa shape index (κ2) is 14.8. The number of aromatic nitrogens is 5. The number of carbonyl (C=O) groups is 1. The highest BCUT2D eigenvalue weighted by atomic mass is 32.1. The Kier molecular flexibility index (Phi) is 11.0. The molecule has 0 saturated heterocycles. The third-order valence-electron chi connectivity index (χ3n) is 8.95. The highest BCUT2D eigenvalue weighted by molar-refractivity contribution is 7.15. The molecular formula is C36H51N7O5SSi. The van der Waals surface area contributed by atoms with E-state index in [0.29, 0.717) is 40.6 Å². The van der Waals surface area contributed by atoms with Crippen LogP contribution in [0.25, 0.3) is 22.6 Å². The first-order valence-electron chi connectivity index (χ1n) is 17.2. The van der Waals surface area contributed by atoms with Gasteiger partial charge in [0.1, 0.15) is 28.9 Å². The van der Waals surface area contributed by atoms with Gasteiger partial charge in [-0.05, 0) is 84.6 Å². The maximum Gasteiger partial charge on any atom is 0.407 e. The number of aryl methyl sites for hydroxylation is 2. The minimum Gasteiger partial charge on any atom is -0.491 e. The van der Waals surface area contributed by atoms with Gasteiger partial charge in [0.05, 0.1) is 29.7 Å². The maximum absolute atomic E-state index is 12.3. The zero-order chi connectivity index (χ0) is 36.4. The van der Waals surface area contributed by atoms with E-state index in [1.54, 1.807) is 11.3 Å². The quantitative estimate of drug-likeness (QED) is 0.128. The van der Waals surface area contributed by atoms with Crippen molar-refractivity contribution in [3.63, 3.8) is 0 Å². The zero-order valence-electron chi connectivity index (χ0n) is 31.2. The second-order valence-corrected chi connectivity index (χ2v) is 21.3. The number of alkyl carbamates (subject to hydrolysis) is 1. The molecule has 3 aromatic heterocycles. The van der Waals surface area contributed by atoms with Crippen molar-refractivity contribution in [1.29, 1.82) is 0 Å². The Balaban J connectivity index is 1.39. The van der Waals surface area contributed by atoms with Crippen molar-refractivity contribution in [2.75, 3.05) is 18.5 Å². The monoisotopic (exact) mass is 721 g/mol. The van der Waals surface area contributed by atoms with Crippen LogP contribution in [0.4, 0.5) is 15.7 Å². The summed E-state index contributed by atoms with van der Waals surface area (Å²) < 4.78 is 24.2. The number of amides is 1. The molecule has 14 heteroatoms. The molecule has 1 saturated carbocycles. The van der Waals surface area contributed by atoms with Crippen LogP contribution >= 0.6 is 11.3 Å². The fourth-order valence-corrected chi connectivity index (χ4v) is 7.31. The molecule has 3 heterocycles. The van der Waals surface area contributed by atoms with Gasteiger partial charge in [0.25, 0.3) is 0 Å². The number of ether oxygens (including phenoxy) is 2. The van der Waals surface area contributed by atoms with Gasteiger partial charge in [-0.2, -0.15) is 0 Å². The number of nitrogens with zero attached hydrogens (tertiary/aromatic N) is 5. The van der Waals surface area contributed by atoms with E-state index in [-0.39, 0.29) is 29.9 Å². The minimum atomic E-state index is -2.16. The Labute approximate surface area is 300 Å². The average Bonchev–Trinajstić information content (AvgIpc) is 3.67. The molecule has 1 aromatic carbocycles. The van der Waals surface area contributed by atoms with E-state index in [1.165, 1.54) is 0 Å². The van der Waals surface area contributed by atoms with Crippen molar-refractivity contribution in [3.8, 4) is 28.4 Å². The molecule has 2 N–H and O–H groups in total. The standard InChI is InChI=1S/C36H51N7O5SSi/c1-21-29(28-22(2)43-47-23(28)3)37-31(38-30(21)39-33-42-41-32(49-33)24-15-16-24)25-13-12-14-26(19-25)46-20-27(48-50(10,11)36(7,8)9)17-18-45-34(44)40-35(4,5)6/h12-14,19,24,27H,15-18,20H2,1-11H3,(H,40,44)(H,37,38,39,42). The van der Waals surface area contributed by atoms with Crippen molar-refractivity contribution in [3.05, 3.63) is 46.3 Å². The number of anilines is 2. The van der Waals surface area contributed by atoms with Gasteiger partial charge >= 0.3 is 6.09 Å². The summed E-state index contributed by atoms with van der Waals surface area (Å²) in [6, 6.07) is 7.72. The highest BCUT2D eigenvalue weighted by Crippen LogP contribution is 2.43. The van der Waals surface area contributed by atoms with E-state index in [1.807, 2.05) is 65.8 Å². The third-order valence-corrected chi connectivity index (χ3v) is 14.5. The van der Waals surface area contributed by atoms with Crippen LogP contribution < -0.4 is 15.4 Å². The SMILES string of the molecule is Cc1noc(C)c1-c1nc(-c2cccc(OCC(CCOC(=O)NC(C)(C)C)O[Si](C)(C)C(C)(C)C)c2)nc(Nc2nnc(C3CC3)s2)c1C. The molecule has 0 spiro atoms. The summed E-state index contributed by atoms with van der Waals surface area (Å²) in [5.74, 6) is 2.98. The van der Waals surface area contributed by atoms with E-state index < -0.39 is 14.4 Å². The van der Waals surface area contributed by atoms with E-state index in [2.05, 4.69) is 59.9 Å². The molecule has 270 valence electrons. The molecule has 1 atom stereocenters. The lowest BCUT2D eigenvalue weighted by molar-refractivity contribution is 0.0766. The van der Waals surface area contributed by atoms with Gasteiger partial charge in [-0.25, -0.2) is 14.8 Å². The van der Waals surface area contributed by atoms with E-state index in [9.17, 15) is 4.79 Å². The molecule has 1 fully saturated rings. The number of carbonyl (C=O) groups excluding carboxylic acids is 1. The molecule has 0 bridgehead atoms. The molecule has 1 aliphatic rings. The van der Waals surface area contributed by atoms with Gasteiger partial charge in [-0.1, -0.05) is 49.4 Å². The zero-order valence-corrected chi connectivity index (χ0v) is 33.0. The van der Waals surface area contributed by atoms with Crippen LogP contribution in [0.2, 0.25) is 18.1 Å². The second-order valence-electron chi connectivity index (χ2n) is 15.6. The van der Waals surface area contributed by atoms with Crippen LogP contribution in [0, 0.1) is 20.8 Å². The average molecular weight is 722 g/mol. The first-order chi connectivity index (χ1) is 23.4. The van der Waals surface area contributed by atoms with Crippen molar-refractivity contribution in [2.24, 2.45) is 0 Å². The lowest BCUT2D eigenvalue weighted by Gasteiger charge is -2.39. The van der Waals surface area contributed by atoms with Crippen LogP contribution in [0.3, 0.4) is 0 Å². The van der Waals surface area contributed by atoms with E-state index in [0.717, 1.165) is 45.9 Å². The molecule has 4 aromatic rings. The predicted octanol–water partition coefficient (Wildman–Crippen LogP) is 8.88. The van der Waals surface area contributed by atoms with Gasteiger partial charge in [-0.3, -0.25) is 0 Å². The van der Waals surface area contributed by atoms with Gasteiger partial charge in [0, 0.05) is 29.0 Å². The Bertz CT molecular complexity index is 1790. The first-order valence-corrected chi connectivity index (χ1v) is 20.9. The van der Waals surface area contributed by atoms with Crippen molar-refractivity contribution in [1.82, 2.24) is 30.6 Å². The summed E-state index contributed by atoms with van der Waals surface area (Å²) in [6.45, 7) is 23.0. The smallest absolute Gasteiger partial charge is 0.407 e. The molecular weight excluding hydrogens is 671 g/mol. The van der Waals surface area contributed by atoms with Crippen molar-refractivity contribution >= 4 is 36.7 Å². The molecule has 0 aliphatic heterocycles. The topological polar surface area (TPSA) is 146 Å². The fourth-order valence-electron chi connectivity index (χ4n) is 5.02. The Hall–Kier alpha value is -3.88. The number of hydrogen-bond acceptors (Lipinski definition) is 12. The summed E-state index contributed by atoms with van der Waals surface area (Å²) in [5.41, 5.74) is 3.55. The lowest BCUT2D eigenvalue weighted by atomic mass is 10.0. The molecule has 50 heavy (non-hydrogen) atoms. The largest absolute Gasteiger partial charge is 0.491 e. The highest BCUT2D eigenvalue weighted by Gasteiger charge is 2.39. The molecule has 0 radical (unpaired) electrons. The van der Waals surface area contributed by atoms with Crippen LogP contribution in [0.15, 0.2) is 28.8 Å². The molecule has 1 aliphatic carbocycles. The molecule has 5 rings (SSSR count). The molecule has 1 unspecified atom stereocenters. The Morgan fingerprint density at radius 3 is 2.46 bits per heavy atom. The number of benzene rings is 1. The van der Waals surface area contributed by atoms with Gasteiger partial charge in [0.2, 0.25) is 5.13 Å². The number of hydrogen-bond donors (Lipinski definition) is 2. The fraction of sp³-hybridized carbons (Fsp3) is 0.556. The summed E-state index contributed by atoms with van der Waals surface area (Å²) in [6.07, 6.45) is 2.08. The van der Waals surface area contributed by atoms with Gasteiger partial charge < -0.3 is 29.1 Å². The third kappa shape index (κ3) is 9.46. The van der Waals surface area contributed by atoms with E-state index >= 15 is 0 Å². The first kappa shape index (κ1) is 37.4. The van der Waals surface area contributed by atoms with Crippen molar-refractivity contribution in [2.45, 2.75) is 117 Å². The Morgan fingerprint density at radius 1 is 1.08 bits per heavy atom. The number of rotatable bonds is 13. The predicted molar refractivity (Wildman–Crippen MR) is 199 cm³/mol.